The fourth-order valence-corrected chi connectivity index (χ4v) is 4.83. The zero-order valence-electron chi connectivity index (χ0n) is 11.2. The highest BCUT2D eigenvalue weighted by atomic mass is 16.6. The van der Waals surface area contributed by atoms with Gasteiger partial charge in [0, 0.05) is 5.41 Å². The molecule has 2 saturated carbocycles. The van der Waals surface area contributed by atoms with E-state index in [1.54, 1.807) is 6.92 Å². The lowest BCUT2D eigenvalue weighted by molar-refractivity contribution is -0.151. The molecule has 3 fully saturated rings. The highest BCUT2D eigenvalue weighted by Crippen LogP contribution is 2.68. The minimum atomic E-state index is -0.569. The van der Waals surface area contributed by atoms with Crippen molar-refractivity contribution in [2.45, 2.75) is 63.9 Å². The highest BCUT2D eigenvalue weighted by molar-refractivity contribution is 5.80. The summed E-state index contributed by atoms with van der Waals surface area (Å²) in [6.07, 6.45) is 0.875. The van der Waals surface area contributed by atoms with Crippen LogP contribution in [0.25, 0.3) is 0 Å². The van der Waals surface area contributed by atoms with Gasteiger partial charge in [0.15, 0.2) is 0 Å². The minimum absolute atomic E-state index is 0.0431. The number of epoxide rings is 1. The first-order chi connectivity index (χ1) is 8.34. The molecule has 0 unspecified atom stereocenters. The zero-order chi connectivity index (χ0) is 13.3. The average Bonchev–Trinajstić information content (AvgIpc) is 2.99. The van der Waals surface area contributed by atoms with Crippen LogP contribution in [0, 0.1) is 17.3 Å². The Balaban J connectivity index is 2.05. The number of carbonyl (C=O) groups is 1. The van der Waals surface area contributed by atoms with E-state index >= 15 is 0 Å². The summed E-state index contributed by atoms with van der Waals surface area (Å²) in [6, 6.07) is 0. The third-order valence-electron chi connectivity index (χ3n) is 5.90. The van der Waals surface area contributed by atoms with Gasteiger partial charge in [-0.1, -0.05) is 13.8 Å². The van der Waals surface area contributed by atoms with E-state index in [-0.39, 0.29) is 34.7 Å². The number of hydrogen-bond acceptors (Lipinski definition) is 4. The number of rotatable bonds is 1. The molecule has 0 aromatic carbocycles. The van der Waals surface area contributed by atoms with Gasteiger partial charge in [0.1, 0.15) is 17.5 Å². The number of hydrogen-bond donors (Lipinski definition) is 2. The average molecular weight is 254 g/mol. The summed E-state index contributed by atoms with van der Waals surface area (Å²) >= 11 is 0. The second kappa shape index (κ2) is 3.56. The Morgan fingerprint density at radius 2 is 2.00 bits per heavy atom. The number of ketones is 1. The Labute approximate surface area is 107 Å². The monoisotopic (exact) mass is 254 g/mol. The van der Waals surface area contributed by atoms with E-state index in [9.17, 15) is 15.0 Å². The summed E-state index contributed by atoms with van der Waals surface area (Å²) in [4.78, 5) is 12.0. The molecule has 3 aliphatic rings. The summed E-state index contributed by atoms with van der Waals surface area (Å²) in [7, 11) is 0. The van der Waals surface area contributed by atoms with Crippen LogP contribution < -0.4 is 0 Å². The van der Waals surface area contributed by atoms with Crippen molar-refractivity contribution in [1.29, 1.82) is 0 Å². The van der Waals surface area contributed by atoms with Gasteiger partial charge >= 0.3 is 0 Å². The molecule has 0 aromatic heterocycles. The van der Waals surface area contributed by atoms with E-state index in [0.29, 0.717) is 12.8 Å². The summed E-state index contributed by atoms with van der Waals surface area (Å²) in [5.74, 6) is -0.143. The van der Waals surface area contributed by atoms with Crippen molar-refractivity contribution in [2.75, 3.05) is 0 Å². The maximum atomic E-state index is 12.0. The Kier molecular flexibility index (Phi) is 2.48. The largest absolute Gasteiger partial charge is 0.392 e. The maximum Gasteiger partial charge on any atom is 0.136 e. The molecule has 2 aliphatic carbocycles. The van der Waals surface area contributed by atoms with Crippen LogP contribution in [0.1, 0.15) is 40.0 Å². The molecule has 1 aliphatic heterocycles. The zero-order valence-corrected chi connectivity index (χ0v) is 11.2. The molecule has 102 valence electrons. The predicted octanol–water partition coefficient (Wildman–Crippen LogP) is 0.891. The van der Waals surface area contributed by atoms with E-state index in [0.717, 1.165) is 6.42 Å². The molecular weight excluding hydrogens is 232 g/mol. The van der Waals surface area contributed by atoms with Crippen LogP contribution in [-0.2, 0) is 9.53 Å². The van der Waals surface area contributed by atoms with Gasteiger partial charge in [-0.2, -0.15) is 0 Å². The molecule has 4 nitrogen and oxygen atoms in total. The molecule has 18 heavy (non-hydrogen) atoms. The first-order valence-corrected chi connectivity index (χ1v) is 6.89. The van der Waals surface area contributed by atoms with Crippen LogP contribution in [0.2, 0.25) is 0 Å². The third-order valence-corrected chi connectivity index (χ3v) is 5.90. The van der Waals surface area contributed by atoms with E-state index < -0.39 is 12.2 Å². The van der Waals surface area contributed by atoms with Gasteiger partial charge in [-0.3, -0.25) is 4.79 Å². The molecule has 1 spiro atoms. The Hall–Kier alpha value is -0.450. The number of ether oxygens (including phenoxy) is 1. The molecule has 0 aromatic rings. The SMILES string of the molecule is CC(=O)[C@H]1[C@H](O)CC[C@]23O[C@H]2[C@H](O)C[C@H](C)[C@@]13C. The molecule has 0 bridgehead atoms. The van der Waals surface area contributed by atoms with Crippen molar-refractivity contribution in [3.63, 3.8) is 0 Å². The Morgan fingerprint density at radius 3 is 2.61 bits per heavy atom. The van der Waals surface area contributed by atoms with Crippen molar-refractivity contribution in [3.8, 4) is 0 Å². The molecule has 4 heteroatoms. The number of aliphatic hydroxyl groups is 2. The van der Waals surface area contributed by atoms with Gasteiger partial charge in [-0.25, -0.2) is 0 Å². The van der Waals surface area contributed by atoms with Crippen molar-refractivity contribution < 1.29 is 19.7 Å². The molecular formula is C14H22O4. The Morgan fingerprint density at radius 1 is 1.33 bits per heavy atom. The van der Waals surface area contributed by atoms with Crippen LogP contribution in [0.3, 0.4) is 0 Å². The standard InChI is InChI=1S/C14H22O4/c1-7-6-10(17)12-14(18-12)5-4-9(16)11(8(2)15)13(7,14)3/h7,9-12,16-17H,4-6H2,1-3H3/t7-,9+,10+,11-,12-,13-,14-/m0/s1. The van der Waals surface area contributed by atoms with Gasteiger partial charge in [0.05, 0.1) is 18.1 Å². The second-order valence-electron chi connectivity index (χ2n) is 6.61. The summed E-state index contributed by atoms with van der Waals surface area (Å²) in [5.41, 5.74) is -0.722. The van der Waals surface area contributed by atoms with Gasteiger partial charge in [-0.05, 0) is 32.1 Å². The van der Waals surface area contributed by atoms with Gasteiger partial charge in [0.2, 0.25) is 0 Å². The smallest absolute Gasteiger partial charge is 0.136 e. The normalized spacial score (nSPS) is 58.6. The minimum Gasteiger partial charge on any atom is -0.392 e. The summed E-state index contributed by atoms with van der Waals surface area (Å²) in [5, 5.41) is 20.3. The van der Waals surface area contributed by atoms with Crippen LogP contribution >= 0.6 is 0 Å². The Bertz CT molecular complexity index is 395. The molecule has 1 saturated heterocycles. The lowest BCUT2D eigenvalue weighted by Crippen LogP contribution is -2.61. The topological polar surface area (TPSA) is 70.1 Å². The van der Waals surface area contributed by atoms with Crippen LogP contribution in [-0.4, -0.2) is 39.9 Å². The fourth-order valence-electron chi connectivity index (χ4n) is 4.83. The highest BCUT2D eigenvalue weighted by Gasteiger charge is 2.77. The fraction of sp³-hybridized carbons (Fsp3) is 0.929. The van der Waals surface area contributed by atoms with Gasteiger partial charge in [0.25, 0.3) is 0 Å². The summed E-state index contributed by atoms with van der Waals surface area (Å²) in [6.45, 7) is 5.70. The number of carbonyl (C=O) groups excluding carboxylic acids is 1. The van der Waals surface area contributed by atoms with E-state index in [2.05, 4.69) is 13.8 Å². The van der Waals surface area contributed by atoms with Crippen molar-refractivity contribution in [2.24, 2.45) is 17.3 Å². The van der Waals surface area contributed by atoms with E-state index in [1.165, 1.54) is 0 Å². The van der Waals surface area contributed by atoms with Crippen molar-refractivity contribution >= 4 is 5.78 Å². The summed E-state index contributed by atoms with van der Waals surface area (Å²) < 4.78 is 5.87. The molecule has 7 atom stereocenters. The molecule has 1 heterocycles. The molecule has 0 amide bonds. The van der Waals surface area contributed by atoms with Crippen LogP contribution in [0.5, 0.6) is 0 Å². The second-order valence-corrected chi connectivity index (χ2v) is 6.61. The van der Waals surface area contributed by atoms with E-state index in [4.69, 9.17) is 4.74 Å². The maximum absolute atomic E-state index is 12.0. The van der Waals surface area contributed by atoms with Gasteiger partial charge in [-0.15, -0.1) is 0 Å². The first-order valence-electron chi connectivity index (χ1n) is 6.89. The molecule has 2 N–H and O–H groups in total. The van der Waals surface area contributed by atoms with Crippen molar-refractivity contribution in [1.82, 2.24) is 0 Å². The lowest BCUT2D eigenvalue weighted by atomic mass is 9.49. The van der Waals surface area contributed by atoms with Crippen molar-refractivity contribution in [3.05, 3.63) is 0 Å². The lowest BCUT2D eigenvalue weighted by Gasteiger charge is -2.53. The number of Topliss-reactive ketones (excluding diaryl/α,β-unsaturated/α-hetero) is 1. The van der Waals surface area contributed by atoms with Crippen LogP contribution in [0.15, 0.2) is 0 Å². The number of aliphatic hydroxyl groups excluding tert-OH is 2. The third kappa shape index (κ3) is 1.24. The molecule has 3 rings (SSSR count). The predicted molar refractivity (Wildman–Crippen MR) is 64.9 cm³/mol. The van der Waals surface area contributed by atoms with Crippen LogP contribution in [0.4, 0.5) is 0 Å². The van der Waals surface area contributed by atoms with Gasteiger partial charge < -0.3 is 14.9 Å². The molecule has 0 radical (unpaired) electrons. The van der Waals surface area contributed by atoms with E-state index in [1.807, 2.05) is 0 Å². The quantitative estimate of drug-likeness (QED) is 0.682. The first kappa shape index (κ1) is 12.6.